The van der Waals surface area contributed by atoms with E-state index < -0.39 is 0 Å². The van der Waals surface area contributed by atoms with Crippen LogP contribution in [-0.4, -0.2) is 5.87 Å². The first-order valence-corrected chi connectivity index (χ1v) is 4.82. The van der Waals surface area contributed by atoms with Gasteiger partial charge >= 0.3 is 0 Å². The van der Waals surface area contributed by atoms with Crippen LogP contribution in [0.1, 0.15) is 27.7 Å². The molecule has 0 aromatic rings. The number of aliphatic imine (C=N–C) groups is 1. The van der Waals surface area contributed by atoms with Crippen molar-refractivity contribution in [2.45, 2.75) is 27.7 Å². The van der Waals surface area contributed by atoms with Crippen LogP contribution in [-0.2, 0) is 0 Å². The maximum absolute atomic E-state index is 4.01. The fourth-order valence-corrected chi connectivity index (χ4v) is 1.47. The van der Waals surface area contributed by atoms with E-state index >= 15 is 0 Å². The predicted molar refractivity (Wildman–Crippen MR) is 57.8 cm³/mol. The third-order valence-electron chi connectivity index (χ3n) is 2.20. The van der Waals surface area contributed by atoms with Crippen molar-refractivity contribution in [1.82, 2.24) is 0 Å². The van der Waals surface area contributed by atoms with E-state index in [0.29, 0.717) is 11.8 Å². The molecule has 0 bridgehead atoms. The molecule has 1 nitrogen and oxygen atoms in total. The molecule has 0 unspecified atom stereocenters. The Morgan fingerprint density at radius 1 is 1.08 bits per heavy atom. The third-order valence-corrected chi connectivity index (χ3v) is 2.20. The molecule has 1 aliphatic heterocycles. The van der Waals surface area contributed by atoms with Crippen molar-refractivity contribution in [3.63, 3.8) is 0 Å². The average molecular weight is 175 g/mol. The van der Waals surface area contributed by atoms with E-state index in [2.05, 4.69) is 44.6 Å². The minimum Gasteiger partial charge on any atom is -0.214 e. The molecule has 13 heavy (non-hydrogen) atoms. The lowest BCUT2D eigenvalue weighted by molar-refractivity contribution is 0.724. The molecule has 0 aromatic carbocycles. The summed E-state index contributed by atoms with van der Waals surface area (Å²) in [4.78, 5) is 4.01. The second kappa shape index (κ2) is 4.25. The molecule has 0 spiro atoms. The first kappa shape index (κ1) is 10.0. The molecule has 1 heteroatoms. The van der Waals surface area contributed by atoms with E-state index in [4.69, 9.17) is 0 Å². The van der Waals surface area contributed by atoms with Crippen LogP contribution < -0.4 is 0 Å². The van der Waals surface area contributed by atoms with E-state index in [-0.39, 0.29) is 0 Å². The molecule has 0 atom stereocenters. The summed E-state index contributed by atoms with van der Waals surface area (Å²) >= 11 is 0. The van der Waals surface area contributed by atoms with Crippen LogP contribution >= 0.6 is 0 Å². The summed E-state index contributed by atoms with van der Waals surface area (Å²) in [6.07, 6.45) is 5.91. The SMILES string of the molecule is CC(C)C1=C(C(C)C)C=CN=C=C1. The Kier molecular flexibility index (Phi) is 3.27. The normalized spacial score (nSPS) is 16.2. The second-order valence-electron chi connectivity index (χ2n) is 3.94. The molecule has 0 N–H and O–H groups in total. The highest BCUT2D eigenvalue weighted by Crippen LogP contribution is 2.23. The standard InChI is InChI=1S/C12H17N/c1-9(2)11-5-7-13-8-6-12(11)10(3)4/h5-7,9-10H,1-4H3. The van der Waals surface area contributed by atoms with Gasteiger partial charge in [-0.3, -0.25) is 0 Å². The van der Waals surface area contributed by atoms with Crippen molar-refractivity contribution in [2.24, 2.45) is 16.8 Å². The van der Waals surface area contributed by atoms with Gasteiger partial charge in [0.05, 0.1) is 0 Å². The van der Waals surface area contributed by atoms with Gasteiger partial charge in [0.1, 0.15) is 0 Å². The van der Waals surface area contributed by atoms with Crippen LogP contribution in [0.15, 0.2) is 34.5 Å². The number of hydrogen-bond donors (Lipinski definition) is 0. The fourth-order valence-electron chi connectivity index (χ4n) is 1.47. The Balaban J connectivity index is 3.15. The van der Waals surface area contributed by atoms with Gasteiger partial charge in [-0.25, -0.2) is 4.99 Å². The summed E-state index contributed by atoms with van der Waals surface area (Å²) in [6, 6.07) is 0. The van der Waals surface area contributed by atoms with Gasteiger partial charge in [-0.2, -0.15) is 0 Å². The zero-order valence-corrected chi connectivity index (χ0v) is 8.83. The van der Waals surface area contributed by atoms with Gasteiger partial charge in [0.2, 0.25) is 0 Å². The van der Waals surface area contributed by atoms with Gasteiger partial charge in [0, 0.05) is 12.3 Å². The Morgan fingerprint density at radius 2 is 1.69 bits per heavy atom. The van der Waals surface area contributed by atoms with E-state index in [0.717, 1.165) is 0 Å². The smallest absolute Gasteiger partial charge is 0.0371 e. The Hall–Kier alpha value is -1.07. The summed E-state index contributed by atoms with van der Waals surface area (Å²) in [5.74, 6) is 4.02. The summed E-state index contributed by atoms with van der Waals surface area (Å²) < 4.78 is 0. The first-order valence-electron chi connectivity index (χ1n) is 4.82. The quantitative estimate of drug-likeness (QED) is 0.610. The third kappa shape index (κ3) is 2.43. The summed E-state index contributed by atoms with van der Waals surface area (Å²) in [5, 5.41) is 0. The number of allylic oxidation sites excluding steroid dienone is 4. The van der Waals surface area contributed by atoms with E-state index in [1.165, 1.54) is 11.1 Å². The summed E-state index contributed by atoms with van der Waals surface area (Å²) in [5.41, 5.74) is 2.73. The highest BCUT2D eigenvalue weighted by Gasteiger charge is 2.10. The van der Waals surface area contributed by atoms with Gasteiger partial charge in [-0.05, 0) is 34.9 Å². The lowest BCUT2D eigenvalue weighted by atomic mass is 9.91. The van der Waals surface area contributed by atoms with E-state index in [1.54, 1.807) is 0 Å². The zero-order valence-electron chi connectivity index (χ0n) is 8.83. The van der Waals surface area contributed by atoms with Crippen LogP contribution in [0.5, 0.6) is 0 Å². The molecule has 1 rings (SSSR count). The summed E-state index contributed by atoms with van der Waals surface area (Å²) in [6.45, 7) is 8.83. The summed E-state index contributed by atoms with van der Waals surface area (Å²) in [7, 11) is 0. The molecule has 0 radical (unpaired) electrons. The maximum Gasteiger partial charge on any atom is 0.0371 e. The molecule has 0 saturated carbocycles. The van der Waals surface area contributed by atoms with Crippen LogP contribution in [0.4, 0.5) is 0 Å². The van der Waals surface area contributed by atoms with Crippen molar-refractivity contribution in [3.05, 3.63) is 29.5 Å². The molecule has 0 aromatic heterocycles. The average Bonchev–Trinajstić information content (AvgIpc) is 2.27. The maximum atomic E-state index is 4.01. The van der Waals surface area contributed by atoms with Crippen molar-refractivity contribution in [1.29, 1.82) is 0 Å². The molecule has 70 valence electrons. The van der Waals surface area contributed by atoms with Crippen LogP contribution in [0.2, 0.25) is 0 Å². The zero-order chi connectivity index (χ0) is 9.84. The lowest BCUT2D eigenvalue weighted by Crippen LogP contribution is -2.01. The van der Waals surface area contributed by atoms with Gasteiger partial charge in [-0.15, -0.1) is 0 Å². The van der Waals surface area contributed by atoms with Crippen LogP contribution in [0.3, 0.4) is 0 Å². The lowest BCUT2D eigenvalue weighted by Gasteiger charge is -2.14. The van der Waals surface area contributed by atoms with E-state index in [9.17, 15) is 0 Å². The molecular weight excluding hydrogens is 158 g/mol. The number of nitrogens with zero attached hydrogens (tertiary/aromatic N) is 1. The molecule has 0 aliphatic carbocycles. The minimum absolute atomic E-state index is 0.544. The number of hydrogen-bond acceptors (Lipinski definition) is 1. The van der Waals surface area contributed by atoms with E-state index in [1.807, 2.05) is 12.3 Å². The second-order valence-corrected chi connectivity index (χ2v) is 3.94. The first-order chi connectivity index (χ1) is 6.13. The van der Waals surface area contributed by atoms with Crippen molar-refractivity contribution in [3.8, 4) is 0 Å². The molecule has 1 aliphatic rings. The van der Waals surface area contributed by atoms with Crippen molar-refractivity contribution < 1.29 is 0 Å². The molecule has 0 fully saturated rings. The topological polar surface area (TPSA) is 12.4 Å². The van der Waals surface area contributed by atoms with Crippen molar-refractivity contribution in [2.75, 3.05) is 0 Å². The molecular formula is C12H17N. The van der Waals surface area contributed by atoms with Crippen molar-refractivity contribution >= 4 is 5.87 Å². The minimum atomic E-state index is 0.544. The van der Waals surface area contributed by atoms with Gasteiger partial charge in [0.25, 0.3) is 0 Å². The fraction of sp³-hybridized carbons (Fsp3) is 0.500. The van der Waals surface area contributed by atoms with Gasteiger partial charge in [0.15, 0.2) is 0 Å². The van der Waals surface area contributed by atoms with Gasteiger partial charge in [-0.1, -0.05) is 27.7 Å². The predicted octanol–water partition coefficient (Wildman–Crippen LogP) is 3.35. The Labute approximate surface area is 80.6 Å². The molecule has 0 amide bonds. The number of rotatable bonds is 2. The highest BCUT2D eigenvalue weighted by molar-refractivity contribution is 5.61. The monoisotopic (exact) mass is 175 g/mol. The van der Waals surface area contributed by atoms with Crippen LogP contribution in [0.25, 0.3) is 0 Å². The van der Waals surface area contributed by atoms with Crippen LogP contribution in [0, 0.1) is 11.8 Å². The Morgan fingerprint density at radius 3 is 2.23 bits per heavy atom. The highest BCUT2D eigenvalue weighted by atomic mass is 14.6. The molecule has 1 heterocycles. The van der Waals surface area contributed by atoms with Gasteiger partial charge < -0.3 is 0 Å². The molecule has 0 saturated heterocycles. The Bertz CT molecular complexity index is 297. The largest absolute Gasteiger partial charge is 0.214 e.